The molecule has 0 saturated heterocycles. The van der Waals surface area contributed by atoms with Gasteiger partial charge in [-0.2, -0.15) is 0 Å². The molecule has 5 heteroatoms. The van der Waals surface area contributed by atoms with E-state index in [-0.39, 0.29) is 18.2 Å². The zero-order valence-electron chi connectivity index (χ0n) is 8.62. The molecule has 0 aliphatic heterocycles. The summed E-state index contributed by atoms with van der Waals surface area (Å²) in [5.41, 5.74) is 0. The van der Waals surface area contributed by atoms with Crippen LogP contribution < -0.4 is 0 Å². The van der Waals surface area contributed by atoms with Crippen molar-refractivity contribution in [2.24, 2.45) is 0 Å². The first-order chi connectivity index (χ1) is 7.02. The Labute approximate surface area is 94.2 Å². The Bertz CT molecular complexity index is 206. The lowest BCUT2D eigenvalue weighted by Crippen LogP contribution is -2.06. The minimum Gasteiger partial charge on any atom is -0.481 e. The molecule has 2 N–H and O–H groups in total. The first kappa shape index (κ1) is 14.2. The summed E-state index contributed by atoms with van der Waals surface area (Å²) in [6.07, 6.45) is 4.21. The van der Waals surface area contributed by atoms with Gasteiger partial charge in [-0.15, -0.1) is 11.6 Å². The van der Waals surface area contributed by atoms with E-state index in [9.17, 15) is 9.59 Å². The van der Waals surface area contributed by atoms with Gasteiger partial charge in [0, 0.05) is 11.8 Å². The Hall–Kier alpha value is -0.770. The molecule has 0 aliphatic carbocycles. The van der Waals surface area contributed by atoms with E-state index in [1.165, 1.54) is 0 Å². The standard InChI is InChI=1S/C10H17ClO4/c11-8(7-10(14)15)5-3-1-2-4-6-9(12)13/h8H,1-7H2,(H,12,13)(H,14,15). The van der Waals surface area contributed by atoms with Crippen LogP contribution in [0.2, 0.25) is 0 Å². The number of hydrogen-bond donors (Lipinski definition) is 2. The normalized spacial score (nSPS) is 12.3. The maximum atomic E-state index is 10.3. The SMILES string of the molecule is O=C(O)CCCCCCC(Cl)CC(=O)O. The van der Waals surface area contributed by atoms with Crippen molar-refractivity contribution in [1.82, 2.24) is 0 Å². The van der Waals surface area contributed by atoms with Crippen molar-refractivity contribution in [2.75, 3.05) is 0 Å². The van der Waals surface area contributed by atoms with Gasteiger partial charge in [0.15, 0.2) is 0 Å². The monoisotopic (exact) mass is 236 g/mol. The van der Waals surface area contributed by atoms with Gasteiger partial charge < -0.3 is 10.2 Å². The van der Waals surface area contributed by atoms with Gasteiger partial charge in [-0.1, -0.05) is 19.3 Å². The van der Waals surface area contributed by atoms with E-state index in [2.05, 4.69) is 0 Å². The zero-order chi connectivity index (χ0) is 11.7. The minimum atomic E-state index is -0.874. The van der Waals surface area contributed by atoms with E-state index in [1.54, 1.807) is 0 Å². The second-order valence-electron chi connectivity index (χ2n) is 3.54. The van der Waals surface area contributed by atoms with Crippen LogP contribution in [0.25, 0.3) is 0 Å². The van der Waals surface area contributed by atoms with Gasteiger partial charge in [-0.25, -0.2) is 0 Å². The topological polar surface area (TPSA) is 74.6 Å². The van der Waals surface area contributed by atoms with E-state index in [0.717, 1.165) is 19.3 Å². The highest BCUT2D eigenvalue weighted by atomic mass is 35.5. The summed E-state index contributed by atoms with van der Waals surface area (Å²) in [5.74, 6) is -1.64. The lowest BCUT2D eigenvalue weighted by Gasteiger charge is -2.05. The predicted octanol–water partition coefficient (Wildman–Crippen LogP) is 2.49. The number of halogens is 1. The van der Waals surface area contributed by atoms with Gasteiger partial charge >= 0.3 is 11.9 Å². The molecule has 0 bridgehead atoms. The summed E-state index contributed by atoms with van der Waals surface area (Å²) >= 11 is 5.76. The summed E-state index contributed by atoms with van der Waals surface area (Å²) in [4.78, 5) is 20.4. The van der Waals surface area contributed by atoms with Crippen molar-refractivity contribution >= 4 is 23.5 Å². The van der Waals surface area contributed by atoms with Crippen LogP contribution in [0.3, 0.4) is 0 Å². The predicted molar refractivity (Wildman–Crippen MR) is 57.2 cm³/mol. The summed E-state index contributed by atoms with van der Waals surface area (Å²) in [5, 5.41) is 16.5. The third kappa shape index (κ3) is 11.2. The number of alkyl halides is 1. The molecule has 88 valence electrons. The maximum Gasteiger partial charge on any atom is 0.304 e. The Morgan fingerprint density at radius 3 is 2.13 bits per heavy atom. The maximum absolute atomic E-state index is 10.3. The molecule has 1 atom stereocenters. The van der Waals surface area contributed by atoms with Crippen LogP contribution in [0.5, 0.6) is 0 Å². The van der Waals surface area contributed by atoms with E-state index >= 15 is 0 Å². The van der Waals surface area contributed by atoms with Gasteiger partial charge in [0.25, 0.3) is 0 Å². The molecule has 0 saturated carbocycles. The third-order valence-corrected chi connectivity index (χ3v) is 2.43. The fourth-order valence-electron chi connectivity index (χ4n) is 1.29. The summed E-state index contributed by atoms with van der Waals surface area (Å²) in [6, 6.07) is 0. The molecule has 0 spiro atoms. The van der Waals surface area contributed by atoms with Crippen LogP contribution in [0.15, 0.2) is 0 Å². The van der Waals surface area contributed by atoms with Gasteiger partial charge in [-0.05, 0) is 12.8 Å². The fraction of sp³-hybridized carbons (Fsp3) is 0.800. The van der Waals surface area contributed by atoms with Crippen LogP contribution in [0, 0.1) is 0 Å². The van der Waals surface area contributed by atoms with Gasteiger partial charge in [0.05, 0.1) is 6.42 Å². The summed E-state index contributed by atoms with van der Waals surface area (Å²) in [7, 11) is 0. The fourth-order valence-corrected chi connectivity index (χ4v) is 1.57. The molecular formula is C10H17ClO4. The highest BCUT2D eigenvalue weighted by Crippen LogP contribution is 2.13. The van der Waals surface area contributed by atoms with Crippen molar-refractivity contribution in [3.8, 4) is 0 Å². The zero-order valence-corrected chi connectivity index (χ0v) is 9.37. The molecular weight excluding hydrogens is 220 g/mol. The summed E-state index contributed by atoms with van der Waals surface area (Å²) in [6.45, 7) is 0. The van der Waals surface area contributed by atoms with Crippen molar-refractivity contribution in [3.05, 3.63) is 0 Å². The van der Waals surface area contributed by atoms with E-state index in [0.29, 0.717) is 12.8 Å². The first-order valence-electron chi connectivity index (χ1n) is 5.10. The average Bonchev–Trinajstić information content (AvgIpc) is 2.09. The Balaban J connectivity index is 3.23. The average molecular weight is 237 g/mol. The molecule has 1 unspecified atom stereocenters. The molecule has 15 heavy (non-hydrogen) atoms. The molecule has 0 heterocycles. The Kier molecular flexibility index (Phi) is 8.09. The molecule has 0 radical (unpaired) electrons. The molecule has 0 aromatic carbocycles. The van der Waals surface area contributed by atoms with Crippen LogP contribution in [-0.4, -0.2) is 27.5 Å². The molecule has 0 aromatic heterocycles. The van der Waals surface area contributed by atoms with Gasteiger partial charge in [0.2, 0.25) is 0 Å². The second-order valence-corrected chi connectivity index (χ2v) is 4.16. The quantitative estimate of drug-likeness (QED) is 0.476. The number of aliphatic carboxylic acids is 2. The highest BCUT2D eigenvalue weighted by Gasteiger charge is 2.08. The molecule has 0 amide bonds. The first-order valence-corrected chi connectivity index (χ1v) is 5.53. The number of rotatable bonds is 9. The smallest absolute Gasteiger partial charge is 0.304 e. The van der Waals surface area contributed by atoms with Crippen molar-refractivity contribution in [3.63, 3.8) is 0 Å². The minimum absolute atomic E-state index is 0.00329. The van der Waals surface area contributed by atoms with Crippen LogP contribution in [0.4, 0.5) is 0 Å². The molecule has 0 rings (SSSR count). The van der Waals surface area contributed by atoms with Crippen molar-refractivity contribution in [1.29, 1.82) is 0 Å². The van der Waals surface area contributed by atoms with E-state index in [1.807, 2.05) is 0 Å². The molecule has 0 aliphatic rings. The number of unbranched alkanes of at least 4 members (excludes halogenated alkanes) is 3. The number of carboxylic acid groups (broad SMARTS) is 2. The van der Waals surface area contributed by atoms with Crippen LogP contribution in [0.1, 0.15) is 44.9 Å². The van der Waals surface area contributed by atoms with E-state index < -0.39 is 11.9 Å². The lowest BCUT2D eigenvalue weighted by atomic mass is 10.1. The second kappa shape index (κ2) is 8.53. The van der Waals surface area contributed by atoms with E-state index in [4.69, 9.17) is 21.8 Å². The number of hydrogen-bond acceptors (Lipinski definition) is 2. The van der Waals surface area contributed by atoms with Crippen LogP contribution >= 0.6 is 11.6 Å². The van der Waals surface area contributed by atoms with Gasteiger partial charge in [-0.3, -0.25) is 9.59 Å². The van der Waals surface area contributed by atoms with Gasteiger partial charge in [0.1, 0.15) is 0 Å². The highest BCUT2D eigenvalue weighted by molar-refractivity contribution is 6.21. The van der Waals surface area contributed by atoms with Crippen molar-refractivity contribution < 1.29 is 19.8 Å². The Morgan fingerprint density at radius 2 is 1.60 bits per heavy atom. The number of carbonyl (C=O) groups is 2. The molecule has 0 fully saturated rings. The molecule has 0 aromatic rings. The summed E-state index contributed by atoms with van der Waals surface area (Å²) < 4.78 is 0. The molecule has 4 nitrogen and oxygen atoms in total. The van der Waals surface area contributed by atoms with Crippen LogP contribution in [-0.2, 0) is 9.59 Å². The Morgan fingerprint density at radius 1 is 1.00 bits per heavy atom. The van der Waals surface area contributed by atoms with Crippen molar-refractivity contribution in [2.45, 2.75) is 50.3 Å². The lowest BCUT2D eigenvalue weighted by molar-refractivity contribution is -0.138. The third-order valence-electron chi connectivity index (χ3n) is 2.05. The number of carboxylic acids is 2. The largest absolute Gasteiger partial charge is 0.481 e.